The van der Waals surface area contributed by atoms with Crippen molar-refractivity contribution in [2.75, 3.05) is 0 Å². The van der Waals surface area contributed by atoms with Crippen molar-refractivity contribution in [1.29, 1.82) is 0 Å². The maximum absolute atomic E-state index is 12.2. The Morgan fingerprint density at radius 2 is 1.76 bits per heavy atom. The molecule has 8 nitrogen and oxygen atoms in total. The van der Waals surface area contributed by atoms with Gasteiger partial charge in [0.1, 0.15) is 5.56 Å². The van der Waals surface area contributed by atoms with Gasteiger partial charge in [0.05, 0.1) is 11.4 Å². The molecule has 0 saturated carbocycles. The van der Waals surface area contributed by atoms with E-state index in [4.69, 9.17) is 5.10 Å². The average molecular weight is 445 g/mol. The van der Waals surface area contributed by atoms with Gasteiger partial charge in [-0.25, -0.2) is 4.79 Å². The van der Waals surface area contributed by atoms with Crippen molar-refractivity contribution in [2.24, 2.45) is 0 Å². The van der Waals surface area contributed by atoms with Crippen LogP contribution in [0.25, 0.3) is 22.5 Å². The highest BCUT2D eigenvalue weighted by Crippen LogP contribution is 2.32. The highest BCUT2D eigenvalue weighted by atomic mass is 16.4. The number of carboxylic acid groups (broad SMARTS) is 1. The van der Waals surface area contributed by atoms with Crippen LogP contribution in [-0.2, 0) is 18.4 Å². The fourth-order valence-corrected chi connectivity index (χ4v) is 4.20. The van der Waals surface area contributed by atoms with Crippen LogP contribution in [0.4, 0.5) is 0 Å². The minimum atomic E-state index is -0.928. The fourth-order valence-electron chi connectivity index (χ4n) is 4.20. The Kier molecular flexibility index (Phi) is 6.09. The number of aromatic nitrogens is 6. The lowest BCUT2D eigenvalue weighted by molar-refractivity contribution is 0.0692. The second-order valence-electron chi connectivity index (χ2n) is 9.10. The third-order valence-electron chi connectivity index (χ3n) is 5.53. The Balaban J connectivity index is 1.68. The van der Waals surface area contributed by atoms with Crippen LogP contribution >= 0.6 is 0 Å². The highest BCUT2D eigenvalue weighted by molar-refractivity contribution is 5.91. The molecule has 0 fully saturated rings. The van der Waals surface area contributed by atoms with Gasteiger partial charge in [0.25, 0.3) is 0 Å². The van der Waals surface area contributed by atoms with E-state index in [9.17, 15) is 9.90 Å². The molecule has 33 heavy (non-hydrogen) atoms. The number of H-pyrrole nitrogens is 1. The van der Waals surface area contributed by atoms with Crippen LogP contribution in [0, 0.1) is 0 Å². The van der Waals surface area contributed by atoms with Crippen molar-refractivity contribution in [2.45, 2.75) is 52.5 Å². The van der Waals surface area contributed by atoms with Gasteiger partial charge in [0, 0.05) is 23.9 Å². The lowest BCUT2D eigenvalue weighted by Crippen LogP contribution is -2.21. The summed E-state index contributed by atoms with van der Waals surface area (Å²) in [5, 5.41) is 29.1. The zero-order valence-electron chi connectivity index (χ0n) is 19.3. The highest BCUT2D eigenvalue weighted by Gasteiger charge is 2.30. The summed E-state index contributed by atoms with van der Waals surface area (Å²) in [5.74, 6) is -0.389. The predicted octanol–water partition coefficient (Wildman–Crippen LogP) is 4.73. The minimum absolute atomic E-state index is 0.322. The zero-order chi connectivity index (χ0) is 23.6. The molecule has 4 aromatic rings. The molecule has 0 unspecified atom stereocenters. The van der Waals surface area contributed by atoms with Gasteiger partial charge in [-0.3, -0.25) is 4.68 Å². The third-order valence-corrected chi connectivity index (χ3v) is 5.53. The van der Waals surface area contributed by atoms with Crippen molar-refractivity contribution < 1.29 is 9.90 Å². The summed E-state index contributed by atoms with van der Waals surface area (Å²) in [4.78, 5) is 12.2. The monoisotopic (exact) mass is 444 g/mol. The maximum Gasteiger partial charge on any atom is 0.339 e. The molecule has 0 atom stereocenters. The summed E-state index contributed by atoms with van der Waals surface area (Å²) >= 11 is 0. The molecule has 0 aliphatic rings. The molecule has 0 radical (unpaired) electrons. The lowest BCUT2D eigenvalue weighted by Gasteiger charge is -2.21. The number of aromatic amines is 1. The van der Waals surface area contributed by atoms with E-state index < -0.39 is 5.97 Å². The van der Waals surface area contributed by atoms with Crippen LogP contribution in [-0.4, -0.2) is 41.5 Å². The number of tetrazole rings is 1. The first-order chi connectivity index (χ1) is 15.8. The first-order valence-electron chi connectivity index (χ1n) is 11.0. The van der Waals surface area contributed by atoms with Crippen molar-refractivity contribution in [3.8, 4) is 22.5 Å². The molecule has 0 amide bonds. The number of rotatable bonds is 7. The zero-order valence-corrected chi connectivity index (χ0v) is 19.3. The van der Waals surface area contributed by atoms with Crippen LogP contribution in [0.3, 0.4) is 0 Å². The molecule has 2 N–H and O–H groups in total. The van der Waals surface area contributed by atoms with Gasteiger partial charge in [-0.15, -0.1) is 10.2 Å². The molecule has 8 heteroatoms. The van der Waals surface area contributed by atoms with E-state index in [0.29, 0.717) is 30.0 Å². The molecular weight excluding hydrogens is 416 g/mol. The molecule has 4 rings (SSSR count). The molecule has 0 bridgehead atoms. The Labute approximate surface area is 192 Å². The van der Waals surface area contributed by atoms with E-state index in [1.807, 2.05) is 74.0 Å². The van der Waals surface area contributed by atoms with E-state index in [1.54, 1.807) is 0 Å². The van der Waals surface area contributed by atoms with E-state index in [2.05, 4.69) is 27.5 Å². The lowest BCUT2D eigenvalue weighted by atomic mass is 9.87. The van der Waals surface area contributed by atoms with E-state index in [0.717, 1.165) is 34.4 Å². The van der Waals surface area contributed by atoms with Crippen molar-refractivity contribution >= 4 is 5.97 Å². The second-order valence-corrected chi connectivity index (χ2v) is 9.10. The normalized spacial score (nSPS) is 11.6. The smallest absolute Gasteiger partial charge is 0.339 e. The van der Waals surface area contributed by atoms with Crippen LogP contribution in [0.5, 0.6) is 0 Å². The van der Waals surface area contributed by atoms with Crippen molar-refractivity contribution in [3.63, 3.8) is 0 Å². The number of carboxylic acids is 1. The van der Waals surface area contributed by atoms with E-state index in [-0.39, 0.29) is 5.41 Å². The van der Waals surface area contributed by atoms with Gasteiger partial charge < -0.3 is 5.11 Å². The Morgan fingerprint density at radius 1 is 1.06 bits per heavy atom. The number of nitrogens with one attached hydrogen (secondary N) is 1. The second kappa shape index (κ2) is 8.97. The van der Waals surface area contributed by atoms with Crippen LogP contribution in [0.1, 0.15) is 61.4 Å². The number of benzene rings is 2. The van der Waals surface area contributed by atoms with E-state index >= 15 is 0 Å². The number of hydrogen-bond acceptors (Lipinski definition) is 5. The number of carbonyl (C=O) groups is 1. The number of aryl methyl sites for hydroxylation is 1. The van der Waals surface area contributed by atoms with Gasteiger partial charge in [-0.1, -0.05) is 76.2 Å². The number of nitrogens with zero attached hydrogens (tertiary/aromatic N) is 5. The summed E-state index contributed by atoms with van der Waals surface area (Å²) in [6, 6.07) is 16.0. The van der Waals surface area contributed by atoms with Gasteiger partial charge in [-0.2, -0.15) is 10.3 Å². The first-order valence-corrected chi connectivity index (χ1v) is 11.0. The van der Waals surface area contributed by atoms with Gasteiger partial charge in [0.2, 0.25) is 5.82 Å². The van der Waals surface area contributed by atoms with Crippen LogP contribution in [0.2, 0.25) is 0 Å². The van der Waals surface area contributed by atoms with Gasteiger partial charge in [0.15, 0.2) is 0 Å². The fraction of sp³-hybridized carbons (Fsp3) is 0.320. The summed E-state index contributed by atoms with van der Waals surface area (Å²) in [7, 11) is 0. The molecule has 0 aliphatic heterocycles. The number of hydrogen-bond donors (Lipinski definition) is 2. The molecule has 0 aliphatic carbocycles. The van der Waals surface area contributed by atoms with Crippen molar-refractivity contribution in [1.82, 2.24) is 30.4 Å². The molecule has 0 saturated heterocycles. The summed E-state index contributed by atoms with van der Waals surface area (Å²) in [6.45, 7) is 8.85. The average Bonchev–Trinajstić information content (AvgIpc) is 3.43. The van der Waals surface area contributed by atoms with E-state index in [1.165, 1.54) is 0 Å². The largest absolute Gasteiger partial charge is 0.478 e. The molecule has 170 valence electrons. The standard InChI is InChI=1S/C25H28N6O2/c1-5-14-31-22(25(2,3)4)21(24(32)33)20(28-31)15-16-10-12-17(13-11-16)18-8-6-7-9-19(18)23-26-29-30-27-23/h6-13H,5,14-15H2,1-4H3,(H,32,33)(H,26,27,29,30). The topological polar surface area (TPSA) is 110 Å². The predicted molar refractivity (Wildman–Crippen MR) is 126 cm³/mol. The first kappa shape index (κ1) is 22.4. The van der Waals surface area contributed by atoms with Crippen LogP contribution in [0.15, 0.2) is 48.5 Å². The molecule has 2 aromatic carbocycles. The molecular formula is C25H28N6O2. The third kappa shape index (κ3) is 4.55. The maximum atomic E-state index is 12.2. The Morgan fingerprint density at radius 3 is 2.33 bits per heavy atom. The van der Waals surface area contributed by atoms with Crippen LogP contribution < -0.4 is 0 Å². The Hall–Kier alpha value is -3.81. The SMILES string of the molecule is CCCn1nc(Cc2ccc(-c3ccccc3-c3nn[nH]n3)cc2)c(C(=O)O)c1C(C)(C)C. The van der Waals surface area contributed by atoms with Crippen molar-refractivity contribution in [3.05, 3.63) is 71.0 Å². The quantitative estimate of drug-likeness (QED) is 0.427. The summed E-state index contributed by atoms with van der Waals surface area (Å²) in [5.41, 5.74) is 5.28. The summed E-state index contributed by atoms with van der Waals surface area (Å²) < 4.78 is 1.87. The van der Waals surface area contributed by atoms with Gasteiger partial charge in [-0.05, 0) is 28.3 Å². The minimum Gasteiger partial charge on any atom is -0.478 e. The summed E-state index contributed by atoms with van der Waals surface area (Å²) in [6.07, 6.45) is 1.34. The number of aromatic carboxylic acids is 1. The molecule has 0 spiro atoms. The Bertz CT molecular complexity index is 1250. The molecule has 2 aromatic heterocycles. The van der Waals surface area contributed by atoms with Gasteiger partial charge >= 0.3 is 5.97 Å². The molecule has 2 heterocycles.